The van der Waals surface area contributed by atoms with Gasteiger partial charge in [-0.15, -0.1) is 24.2 Å². The van der Waals surface area contributed by atoms with Crippen molar-refractivity contribution < 1.29 is 9.53 Å². The third-order valence-electron chi connectivity index (χ3n) is 4.39. The standard InChI is InChI=1S/C17H26N2O2S.ClH/c1-19(16(20)17(18)9-5-4-6-10-17)12-13-7-8-15(22-3)14(11-13)21-2;/h7-8,11H,4-6,9-10,12,18H2,1-3H3;1H. The van der Waals surface area contributed by atoms with Crippen LogP contribution in [0.3, 0.4) is 0 Å². The number of halogens is 1. The van der Waals surface area contributed by atoms with Crippen molar-refractivity contribution >= 4 is 30.1 Å². The number of carbonyl (C=O) groups excluding carboxylic acids is 1. The van der Waals surface area contributed by atoms with E-state index < -0.39 is 5.54 Å². The Morgan fingerprint density at radius 1 is 1.35 bits per heavy atom. The summed E-state index contributed by atoms with van der Waals surface area (Å²) in [4.78, 5) is 15.5. The van der Waals surface area contributed by atoms with Crippen LogP contribution in [0.25, 0.3) is 0 Å². The molecule has 0 saturated heterocycles. The summed E-state index contributed by atoms with van der Waals surface area (Å²) in [6, 6.07) is 6.08. The smallest absolute Gasteiger partial charge is 0.242 e. The average molecular weight is 359 g/mol. The van der Waals surface area contributed by atoms with Gasteiger partial charge in [0, 0.05) is 18.5 Å². The first kappa shape index (κ1) is 20.1. The molecule has 0 aliphatic heterocycles. The quantitative estimate of drug-likeness (QED) is 0.819. The second kappa shape index (κ2) is 8.81. The van der Waals surface area contributed by atoms with Crippen molar-refractivity contribution in [2.75, 3.05) is 20.4 Å². The molecule has 2 N–H and O–H groups in total. The van der Waals surface area contributed by atoms with Gasteiger partial charge in [-0.05, 0) is 36.8 Å². The number of hydrogen-bond donors (Lipinski definition) is 1. The van der Waals surface area contributed by atoms with Gasteiger partial charge >= 0.3 is 0 Å². The number of rotatable bonds is 5. The number of amides is 1. The predicted octanol–water partition coefficient (Wildman–Crippen LogP) is 3.46. The Morgan fingerprint density at radius 3 is 2.57 bits per heavy atom. The van der Waals surface area contributed by atoms with Crippen LogP contribution in [0.4, 0.5) is 0 Å². The molecule has 0 spiro atoms. The van der Waals surface area contributed by atoms with Gasteiger partial charge in [-0.2, -0.15) is 0 Å². The number of benzene rings is 1. The monoisotopic (exact) mass is 358 g/mol. The fraction of sp³-hybridized carbons (Fsp3) is 0.588. The van der Waals surface area contributed by atoms with Crippen LogP contribution in [-0.4, -0.2) is 36.8 Å². The number of methoxy groups -OCH3 is 1. The van der Waals surface area contributed by atoms with Crippen LogP contribution in [0.15, 0.2) is 23.1 Å². The molecule has 0 atom stereocenters. The molecule has 23 heavy (non-hydrogen) atoms. The minimum absolute atomic E-state index is 0. The van der Waals surface area contributed by atoms with E-state index in [2.05, 4.69) is 0 Å². The third kappa shape index (κ3) is 4.78. The fourth-order valence-corrected chi connectivity index (χ4v) is 3.65. The van der Waals surface area contributed by atoms with E-state index in [1.54, 1.807) is 23.8 Å². The maximum atomic E-state index is 12.7. The molecule has 130 valence electrons. The van der Waals surface area contributed by atoms with Gasteiger partial charge in [0.1, 0.15) is 5.75 Å². The molecule has 1 amide bonds. The van der Waals surface area contributed by atoms with Crippen molar-refractivity contribution in [1.29, 1.82) is 0 Å². The number of hydrogen-bond acceptors (Lipinski definition) is 4. The Hall–Kier alpha value is -0.910. The van der Waals surface area contributed by atoms with E-state index in [-0.39, 0.29) is 18.3 Å². The number of ether oxygens (including phenoxy) is 1. The number of carbonyl (C=O) groups is 1. The Bertz CT molecular complexity index is 533. The molecule has 0 radical (unpaired) electrons. The van der Waals surface area contributed by atoms with E-state index in [0.29, 0.717) is 6.54 Å². The van der Waals surface area contributed by atoms with Gasteiger partial charge in [-0.25, -0.2) is 0 Å². The van der Waals surface area contributed by atoms with E-state index in [1.807, 2.05) is 31.5 Å². The topological polar surface area (TPSA) is 55.6 Å². The van der Waals surface area contributed by atoms with Crippen molar-refractivity contribution in [1.82, 2.24) is 4.90 Å². The molecule has 4 nitrogen and oxygen atoms in total. The van der Waals surface area contributed by atoms with Gasteiger partial charge in [-0.3, -0.25) is 4.79 Å². The number of likely N-dealkylation sites (N-methyl/N-ethyl adjacent to an activating group) is 1. The molecule has 0 bridgehead atoms. The highest BCUT2D eigenvalue weighted by Gasteiger charge is 2.37. The molecule has 2 rings (SSSR count). The number of thioether (sulfide) groups is 1. The molecule has 1 fully saturated rings. The van der Waals surface area contributed by atoms with Gasteiger partial charge in [0.2, 0.25) is 5.91 Å². The lowest BCUT2D eigenvalue weighted by Gasteiger charge is -2.35. The van der Waals surface area contributed by atoms with E-state index >= 15 is 0 Å². The number of nitrogens with zero attached hydrogens (tertiary/aromatic N) is 1. The van der Waals surface area contributed by atoms with Gasteiger partial charge in [0.15, 0.2) is 0 Å². The highest BCUT2D eigenvalue weighted by Crippen LogP contribution is 2.30. The first-order valence-electron chi connectivity index (χ1n) is 7.75. The van der Waals surface area contributed by atoms with Gasteiger partial charge < -0.3 is 15.4 Å². The van der Waals surface area contributed by atoms with Crippen LogP contribution in [0.2, 0.25) is 0 Å². The summed E-state index contributed by atoms with van der Waals surface area (Å²) in [6.45, 7) is 0.558. The Labute approximate surface area is 149 Å². The van der Waals surface area contributed by atoms with Crippen molar-refractivity contribution in [2.24, 2.45) is 5.73 Å². The zero-order valence-corrected chi connectivity index (χ0v) is 15.8. The summed E-state index contributed by atoms with van der Waals surface area (Å²) in [6.07, 6.45) is 6.90. The van der Waals surface area contributed by atoms with E-state index in [9.17, 15) is 4.79 Å². The van der Waals surface area contributed by atoms with Crippen LogP contribution >= 0.6 is 24.2 Å². The lowest BCUT2D eigenvalue weighted by Crippen LogP contribution is -2.55. The Balaban J connectivity index is 0.00000264. The fourth-order valence-electron chi connectivity index (χ4n) is 3.10. The molecule has 0 aromatic heterocycles. The first-order valence-corrected chi connectivity index (χ1v) is 8.98. The molecule has 0 heterocycles. The molecule has 1 aromatic rings. The van der Waals surface area contributed by atoms with Crippen LogP contribution in [0.1, 0.15) is 37.7 Å². The first-order chi connectivity index (χ1) is 10.5. The molecule has 0 unspecified atom stereocenters. The summed E-state index contributed by atoms with van der Waals surface area (Å²) in [5.41, 5.74) is 6.73. The van der Waals surface area contributed by atoms with Crippen molar-refractivity contribution in [3.63, 3.8) is 0 Å². The van der Waals surface area contributed by atoms with Crippen LogP contribution in [0, 0.1) is 0 Å². The lowest BCUT2D eigenvalue weighted by atomic mass is 9.81. The zero-order chi connectivity index (χ0) is 16.2. The minimum atomic E-state index is -0.670. The van der Waals surface area contributed by atoms with Crippen LogP contribution in [-0.2, 0) is 11.3 Å². The molecular formula is C17H27ClN2O2S. The maximum absolute atomic E-state index is 12.7. The molecule has 1 aliphatic rings. The van der Waals surface area contributed by atoms with Crippen LogP contribution in [0.5, 0.6) is 5.75 Å². The maximum Gasteiger partial charge on any atom is 0.242 e. The minimum Gasteiger partial charge on any atom is -0.496 e. The SMILES string of the molecule is COc1cc(CN(C)C(=O)C2(N)CCCCC2)ccc1SC.Cl. The largest absolute Gasteiger partial charge is 0.496 e. The summed E-state index contributed by atoms with van der Waals surface area (Å²) in [5, 5.41) is 0. The van der Waals surface area contributed by atoms with E-state index in [0.717, 1.165) is 41.9 Å². The summed E-state index contributed by atoms with van der Waals surface area (Å²) < 4.78 is 5.41. The van der Waals surface area contributed by atoms with E-state index in [4.69, 9.17) is 10.5 Å². The second-order valence-corrected chi connectivity index (χ2v) is 6.92. The van der Waals surface area contributed by atoms with Gasteiger partial charge in [0.25, 0.3) is 0 Å². The highest BCUT2D eigenvalue weighted by molar-refractivity contribution is 7.98. The van der Waals surface area contributed by atoms with Crippen LogP contribution < -0.4 is 10.5 Å². The highest BCUT2D eigenvalue weighted by atomic mass is 35.5. The average Bonchev–Trinajstić information content (AvgIpc) is 2.54. The van der Waals surface area contributed by atoms with Crippen molar-refractivity contribution in [2.45, 2.75) is 49.1 Å². The Kier molecular flexibility index (Phi) is 7.71. The zero-order valence-electron chi connectivity index (χ0n) is 14.1. The van der Waals surface area contributed by atoms with Gasteiger partial charge in [0.05, 0.1) is 12.6 Å². The summed E-state index contributed by atoms with van der Waals surface area (Å²) in [7, 11) is 3.51. The molecule has 6 heteroatoms. The molecule has 1 aliphatic carbocycles. The lowest BCUT2D eigenvalue weighted by molar-refractivity contribution is -0.137. The van der Waals surface area contributed by atoms with Crippen molar-refractivity contribution in [3.05, 3.63) is 23.8 Å². The third-order valence-corrected chi connectivity index (χ3v) is 5.16. The summed E-state index contributed by atoms with van der Waals surface area (Å²) in [5.74, 6) is 0.908. The molecule has 1 saturated carbocycles. The number of nitrogens with two attached hydrogens (primary N) is 1. The molecule has 1 aromatic carbocycles. The van der Waals surface area contributed by atoms with E-state index in [1.165, 1.54) is 6.42 Å². The normalized spacial score (nSPS) is 16.3. The summed E-state index contributed by atoms with van der Waals surface area (Å²) >= 11 is 1.65. The molecular weight excluding hydrogens is 332 g/mol. The van der Waals surface area contributed by atoms with Gasteiger partial charge in [-0.1, -0.05) is 25.3 Å². The Morgan fingerprint density at radius 2 is 2.00 bits per heavy atom. The predicted molar refractivity (Wildman–Crippen MR) is 98.5 cm³/mol. The second-order valence-electron chi connectivity index (χ2n) is 6.07. The van der Waals surface area contributed by atoms with Crippen molar-refractivity contribution in [3.8, 4) is 5.75 Å².